The number of ketones is 1. The van der Waals surface area contributed by atoms with Crippen molar-refractivity contribution in [2.24, 2.45) is 5.92 Å². The Bertz CT molecular complexity index is 247. The molecule has 0 spiro atoms. The maximum Gasteiger partial charge on any atom is 0.230 e. The Morgan fingerprint density at radius 1 is 1.40 bits per heavy atom. The summed E-state index contributed by atoms with van der Waals surface area (Å²) in [5, 5.41) is 0. The molecule has 0 radical (unpaired) electrons. The van der Waals surface area contributed by atoms with Gasteiger partial charge in [-0.3, -0.25) is 9.37 Å². The Hall–Kier alpha value is -0.193. The van der Waals surface area contributed by atoms with E-state index in [1.807, 2.05) is 33.5 Å². The van der Waals surface area contributed by atoms with Crippen molar-refractivity contribution < 1.29 is 14.3 Å². The summed E-state index contributed by atoms with van der Waals surface area (Å²) >= 11 is 0. The molecule has 4 heteroatoms. The molecular formula is C11H22O3Si. The van der Waals surface area contributed by atoms with E-state index >= 15 is 0 Å². The molecule has 1 rings (SSSR count). The van der Waals surface area contributed by atoms with Crippen LogP contribution in [0.25, 0.3) is 0 Å². The van der Waals surface area contributed by atoms with Crippen molar-refractivity contribution in [2.45, 2.75) is 58.4 Å². The normalized spacial score (nSPS) is 33.1. The summed E-state index contributed by atoms with van der Waals surface area (Å²) in [6.07, 6.45) is 2.80. The van der Waals surface area contributed by atoms with Gasteiger partial charge in [-0.25, -0.2) is 4.89 Å². The number of carbonyl (C=O) groups excluding carboxylic acids is 1. The molecule has 0 saturated heterocycles. The van der Waals surface area contributed by atoms with Gasteiger partial charge in [0.2, 0.25) is 8.32 Å². The zero-order valence-electron chi connectivity index (χ0n) is 10.4. The lowest BCUT2D eigenvalue weighted by molar-refractivity contribution is -0.291. The van der Waals surface area contributed by atoms with Gasteiger partial charge in [-0.1, -0.05) is 6.92 Å². The zero-order valence-corrected chi connectivity index (χ0v) is 11.4. The van der Waals surface area contributed by atoms with Crippen molar-refractivity contribution in [2.75, 3.05) is 0 Å². The Balaban J connectivity index is 2.61. The summed E-state index contributed by atoms with van der Waals surface area (Å²) in [7, 11) is -1.71. The van der Waals surface area contributed by atoms with Gasteiger partial charge < -0.3 is 0 Å². The molecule has 15 heavy (non-hydrogen) atoms. The van der Waals surface area contributed by atoms with Crippen LogP contribution in [0.4, 0.5) is 0 Å². The fourth-order valence-electron chi connectivity index (χ4n) is 1.82. The van der Waals surface area contributed by atoms with Gasteiger partial charge in [0.05, 0.1) is 0 Å². The molecule has 0 aromatic carbocycles. The molecule has 0 bridgehead atoms. The molecule has 0 aliphatic heterocycles. The minimum absolute atomic E-state index is 0.106. The van der Waals surface area contributed by atoms with Crippen molar-refractivity contribution in [3.8, 4) is 0 Å². The molecule has 0 heterocycles. The first-order chi connectivity index (χ1) is 6.75. The highest BCUT2D eigenvalue weighted by Crippen LogP contribution is 2.32. The third kappa shape index (κ3) is 3.40. The van der Waals surface area contributed by atoms with E-state index in [1.54, 1.807) is 0 Å². The third-order valence-electron chi connectivity index (χ3n) is 2.74. The van der Waals surface area contributed by atoms with E-state index in [2.05, 4.69) is 0 Å². The summed E-state index contributed by atoms with van der Waals surface area (Å²) in [5.41, 5.74) is -0.710. The van der Waals surface area contributed by atoms with Crippen molar-refractivity contribution in [3.05, 3.63) is 0 Å². The van der Waals surface area contributed by atoms with E-state index in [4.69, 9.17) is 9.46 Å². The van der Waals surface area contributed by atoms with Crippen LogP contribution < -0.4 is 0 Å². The molecule has 2 unspecified atom stereocenters. The van der Waals surface area contributed by atoms with Crippen LogP contribution in [0.2, 0.25) is 19.6 Å². The molecule has 1 saturated carbocycles. The Morgan fingerprint density at radius 3 is 2.53 bits per heavy atom. The largest absolute Gasteiger partial charge is 0.296 e. The van der Waals surface area contributed by atoms with Gasteiger partial charge in [0, 0.05) is 5.92 Å². The fraction of sp³-hybridized carbons (Fsp3) is 0.909. The molecular weight excluding hydrogens is 208 g/mol. The van der Waals surface area contributed by atoms with Crippen molar-refractivity contribution in [1.29, 1.82) is 0 Å². The lowest BCUT2D eigenvalue weighted by Gasteiger charge is -2.35. The molecule has 1 fully saturated rings. The highest BCUT2D eigenvalue weighted by molar-refractivity contribution is 6.69. The topological polar surface area (TPSA) is 35.5 Å². The molecule has 88 valence electrons. The quantitative estimate of drug-likeness (QED) is 0.425. The van der Waals surface area contributed by atoms with Crippen LogP contribution >= 0.6 is 0 Å². The van der Waals surface area contributed by atoms with Crippen LogP contribution in [-0.2, 0) is 14.3 Å². The fourth-order valence-corrected chi connectivity index (χ4v) is 2.25. The lowest BCUT2D eigenvalue weighted by atomic mass is 9.79. The SMILES string of the molecule is CC1CCCC(C)(OO[Si](C)(C)C)C1=O. The number of hydrogen-bond donors (Lipinski definition) is 0. The summed E-state index contributed by atoms with van der Waals surface area (Å²) < 4.78 is 5.41. The van der Waals surface area contributed by atoms with E-state index in [-0.39, 0.29) is 11.7 Å². The highest BCUT2D eigenvalue weighted by Gasteiger charge is 2.42. The smallest absolute Gasteiger partial charge is 0.230 e. The second-order valence-electron chi connectivity index (χ2n) is 5.67. The van der Waals surface area contributed by atoms with Gasteiger partial charge in [0.15, 0.2) is 11.4 Å². The van der Waals surface area contributed by atoms with Gasteiger partial charge in [-0.15, -0.1) is 0 Å². The van der Waals surface area contributed by atoms with E-state index in [0.717, 1.165) is 19.3 Å². The van der Waals surface area contributed by atoms with Crippen LogP contribution in [0.3, 0.4) is 0 Å². The Morgan fingerprint density at radius 2 is 2.00 bits per heavy atom. The summed E-state index contributed by atoms with van der Waals surface area (Å²) in [4.78, 5) is 17.4. The summed E-state index contributed by atoms with van der Waals surface area (Å²) in [6.45, 7) is 9.97. The Kier molecular flexibility index (Phi) is 3.74. The van der Waals surface area contributed by atoms with Crippen LogP contribution in [-0.4, -0.2) is 19.7 Å². The third-order valence-corrected chi connectivity index (χ3v) is 3.32. The first kappa shape index (κ1) is 12.9. The van der Waals surface area contributed by atoms with Gasteiger partial charge in [-0.05, 0) is 45.8 Å². The van der Waals surface area contributed by atoms with Gasteiger partial charge in [0.25, 0.3) is 0 Å². The zero-order chi connectivity index (χ0) is 11.7. The number of rotatable bonds is 3. The van der Waals surface area contributed by atoms with Crippen molar-refractivity contribution in [3.63, 3.8) is 0 Å². The van der Waals surface area contributed by atoms with E-state index in [1.165, 1.54) is 0 Å². The second-order valence-corrected chi connectivity index (χ2v) is 10.1. The minimum Gasteiger partial charge on any atom is -0.296 e. The summed E-state index contributed by atoms with van der Waals surface area (Å²) in [6, 6.07) is 0. The summed E-state index contributed by atoms with van der Waals surface area (Å²) in [5.74, 6) is 0.293. The van der Waals surface area contributed by atoms with E-state index in [9.17, 15) is 4.79 Å². The molecule has 0 amide bonds. The van der Waals surface area contributed by atoms with Crippen LogP contribution in [0.1, 0.15) is 33.1 Å². The number of hydrogen-bond acceptors (Lipinski definition) is 3. The van der Waals surface area contributed by atoms with Crippen LogP contribution in [0.5, 0.6) is 0 Å². The molecule has 3 nitrogen and oxygen atoms in total. The number of carbonyl (C=O) groups is 1. The molecule has 1 aliphatic carbocycles. The molecule has 2 atom stereocenters. The van der Waals surface area contributed by atoms with Gasteiger partial charge >= 0.3 is 0 Å². The molecule has 0 aromatic rings. The highest BCUT2D eigenvalue weighted by atomic mass is 28.4. The predicted octanol–water partition coefficient (Wildman–Crippen LogP) is 2.92. The van der Waals surface area contributed by atoms with Crippen LogP contribution in [0.15, 0.2) is 0 Å². The van der Waals surface area contributed by atoms with E-state index in [0.29, 0.717) is 0 Å². The second kappa shape index (κ2) is 4.35. The van der Waals surface area contributed by atoms with Crippen molar-refractivity contribution in [1.82, 2.24) is 0 Å². The predicted molar refractivity (Wildman–Crippen MR) is 61.9 cm³/mol. The Labute approximate surface area is 93.2 Å². The maximum atomic E-state index is 12.0. The van der Waals surface area contributed by atoms with E-state index < -0.39 is 13.9 Å². The average molecular weight is 230 g/mol. The average Bonchev–Trinajstić information content (AvgIpc) is 2.10. The van der Waals surface area contributed by atoms with Crippen molar-refractivity contribution >= 4 is 14.1 Å². The number of Topliss-reactive ketones (excluding diaryl/α,β-unsaturated/α-hetero) is 1. The molecule has 0 aromatic heterocycles. The molecule has 0 N–H and O–H groups in total. The van der Waals surface area contributed by atoms with Gasteiger partial charge in [0.1, 0.15) is 0 Å². The molecule has 1 aliphatic rings. The lowest BCUT2D eigenvalue weighted by Crippen LogP contribution is -2.47. The van der Waals surface area contributed by atoms with Gasteiger partial charge in [-0.2, -0.15) is 0 Å². The monoisotopic (exact) mass is 230 g/mol. The first-order valence-electron chi connectivity index (χ1n) is 5.66. The standard InChI is InChI=1S/C11H22O3Si/c1-9-7-6-8-11(2,10(9)12)13-14-15(3,4)5/h9H,6-8H2,1-5H3. The van der Waals surface area contributed by atoms with Crippen LogP contribution in [0, 0.1) is 5.92 Å². The minimum atomic E-state index is -1.71. The first-order valence-corrected chi connectivity index (χ1v) is 9.07. The maximum absolute atomic E-state index is 12.0.